The SMILES string of the molecule is Cc1nn(C)c2sc(C(=O)N(CCC(N)=O)c3ccc(F)cc3)cc12. The first kappa shape index (κ1) is 17.1. The first-order valence-electron chi connectivity index (χ1n) is 7.65. The Morgan fingerprint density at radius 1 is 1.32 bits per heavy atom. The van der Waals surface area contributed by atoms with Gasteiger partial charge in [0.15, 0.2) is 0 Å². The number of halogens is 1. The maximum atomic E-state index is 13.2. The van der Waals surface area contributed by atoms with Gasteiger partial charge in [-0.05, 0) is 37.3 Å². The number of benzene rings is 1. The summed E-state index contributed by atoms with van der Waals surface area (Å²) in [7, 11) is 1.82. The van der Waals surface area contributed by atoms with E-state index < -0.39 is 11.7 Å². The van der Waals surface area contributed by atoms with Gasteiger partial charge in [-0.3, -0.25) is 14.3 Å². The third kappa shape index (κ3) is 3.39. The largest absolute Gasteiger partial charge is 0.370 e. The number of thiophene rings is 1. The molecule has 2 aromatic heterocycles. The van der Waals surface area contributed by atoms with Gasteiger partial charge in [0.1, 0.15) is 10.6 Å². The van der Waals surface area contributed by atoms with Crippen LogP contribution in [0.5, 0.6) is 0 Å². The van der Waals surface area contributed by atoms with Gasteiger partial charge in [-0.25, -0.2) is 4.39 Å². The summed E-state index contributed by atoms with van der Waals surface area (Å²) in [5, 5.41) is 5.24. The molecule has 3 rings (SSSR count). The Morgan fingerprint density at radius 3 is 2.60 bits per heavy atom. The maximum absolute atomic E-state index is 13.2. The number of hydrogen-bond donors (Lipinski definition) is 1. The molecule has 0 fully saturated rings. The molecule has 2 N–H and O–H groups in total. The lowest BCUT2D eigenvalue weighted by atomic mass is 10.2. The molecule has 0 radical (unpaired) electrons. The van der Waals surface area contributed by atoms with Crippen molar-refractivity contribution >= 4 is 39.1 Å². The topological polar surface area (TPSA) is 81.2 Å². The predicted molar refractivity (Wildman–Crippen MR) is 95.2 cm³/mol. The van der Waals surface area contributed by atoms with Crippen molar-refractivity contribution in [2.75, 3.05) is 11.4 Å². The second-order valence-electron chi connectivity index (χ2n) is 5.69. The number of primary amides is 1. The Labute approximate surface area is 147 Å². The number of carbonyl (C=O) groups excluding carboxylic acids is 2. The number of amides is 2. The summed E-state index contributed by atoms with van der Waals surface area (Å²) in [5.41, 5.74) is 6.58. The summed E-state index contributed by atoms with van der Waals surface area (Å²) in [4.78, 5) is 27.0. The number of aryl methyl sites for hydroxylation is 2. The minimum absolute atomic E-state index is 0.0224. The fraction of sp³-hybridized carbons (Fsp3) is 0.235. The Morgan fingerprint density at radius 2 is 2.00 bits per heavy atom. The van der Waals surface area contributed by atoms with E-state index in [2.05, 4.69) is 5.10 Å². The average molecular weight is 360 g/mol. The number of nitrogens with zero attached hydrogens (tertiary/aromatic N) is 3. The standard InChI is InChI=1S/C17H17FN4O2S/c1-10-13-9-14(25-17(13)21(2)20-10)16(24)22(8-7-15(19)23)12-5-3-11(18)4-6-12/h3-6,9H,7-8H2,1-2H3,(H2,19,23). The van der Waals surface area contributed by atoms with Gasteiger partial charge in [0, 0.05) is 31.1 Å². The monoisotopic (exact) mass is 360 g/mol. The van der Waals surface area contributed by atoms with Crippen molar-refractivity contribution in [3.63, 3.8) is 0 Å². The van der Waals surface area contributed by atoms with Crippen LogP contribution in [0.2, 0.25) is 0 Å². The van der Waals surface area contributed by atoms with Crippen LogP contribution in [0.15, 0.2) is 30.3 Å². The van der Waals surface area contributed by atoms with Gasteiger partial charge < -0.3 is 10.6 Å². The zero-order valence-electron chi connectivity index (χ0n) is 13.8. The highest BCUT2D eigenvalue weighted by Crippen LogP contribution is 2.30. The summed E-state index contributed by atoms with van der Waals surface area (Å²) >= 11 is 1.33. The van der Waals surface area contributed by atoms with E-state index >= 15 is 0 Å². The molecule has 0 aliphatic heterocycles. The molecule has 0 aliphatic rings. The van der Waals surface area contributed by atoms with Gasteiger partial charge in [0.05, 0.1) is 10.6 Å². The Balaban J connectivity index is 1.97. The molecule has 130 valence electrons. The Hall–Kier alpha value is -2.74. The number of rotatable bonds is 5. The molecule has 0 bridgehead atoms. The summed E-state index contributed by atoms with van der Waals surface area (Å²) < 4.78 is 14.9. The van der Waals surface area contributed by atoms with Gasteiger partial charge in [-0.15, -0.1) is 11.3 Å². The van der Waals surface area contributed by atoms with Gasteiger partial charge in [-0.1, -0.05) is 0 Å². The number of hydrogen-bond acceptors (Lipinski definition) is 4. The van der Waals surface area contributed by atoms with E-state index in [1.165, 1.54) is 40.5 Å². The third-order valence-corrected chi connectivity index (χ3v) is 5.06. The van der Waals surface area contributed by atoms with E-state index in [4.69, 9.17) is 5.73 Å². The van der Waals surface area contributed by atoms with Crippen molar-refractivity contribution < 1.29 is 14.0 Å². The number of anilines is 1. The smallest absolute Gasteiger partial charge is 0.268 e. The molecular formula is C17H17FN4O2S. The number of carbonyl (C=O) groups is 2. The fourth-order valence-corrected chi connectivity index (χ4v) is 3.71. The van der Waals surface area contributed by atoms with Crippen molar-refractivity contribution in [2.24, 2.45) is 12.8 Å². The highest BCUT2D eigenvalue weighted by Gasteiger charge is 2.22. The predicted octanol–water partition coefficient (Wildman–Crippen LogP) is 2.60. The average Bonchev–Trinajstić information content (AvgIpc) is 3.11. The van der Waals surface area contributed by atoms with Crippen molar-refractivity contribution in [3.8, 4) is 0 Å². The lowest BCUT2D eigenvalue weighted by Crippen LogP contribution is -2.33. The molecule has 0 aliphatic carbocycles. The first-order chi connectivity index (χ1) is 11.9. The first-order valence-corrected chi connectivity index (χ1v) is 8.47. The minimum Gasteiger partial charge on any atom is -0.370 e. The van der Waals surface area contributed by atoms with Crippen LogP contribution in [-0.4, -0.2) is 28.1 Å². The van der Waals surface area contributed by atoms with Crippen LogP contribution in [0, 0.1) is 12.7 Å². The molecule has 0 saturated carbocycles. The molecule has 25 heavy (non-hydrogen) atoms. The molecule has 8 heteroatoms. The molecule has 0 saturated heterocycles. The van der Waals surface area contributed by atoms with E-state index in [-0.39, 0.29) is 18.9 Å². The highest BCUT2D eigenvalue weighted by atomic mass is 32.1. The van der Waals surface area contributed by atoms with Gasteiger partial charge in [-0.2, -0.15) is 5.10 Å². The van der Waals surface area contributed by atoms with Crippen molar-refractivity contribution in [2.45, 2.75) is 13.3 Å². The maximum Gasteiger partial charge on any atom is 0.268 e. The van der Waals surface area contributed by atoms with Crippen LogP contribution in [-0.2, 0) is 11.8 Å². The van der Waals surface area contributed by atoms with Gasteiger partial charge >= 0.3 is 0 Å². The lowest BCUT2D eigenvalue weighted by molar-refractivity contribution is -0.117. The van der Waals surface area contributed by atoms with Crippen molar-refractivity contribution in [3.05, 3.63) is 46.7 Å². The van der Waals surface area contributed by atoms with Crippen LogP contribution < -0.4 is 10.6 Å². The van der Waals surface area contributed by atoms with Crippen molar-refractivity contribution in [1.82, 2.24) is 9.78 Å². The van der Waals surface area contributed by atoms with Crippen LogP contribution in [0.3, 0.4) is 0 Å². The minimum atomic E-state index is -0.503. The molecule has 2 heterocycles. The fourth-order valence-electron chi connectivity index (χ4n) is 2.63. The molecule has 1 aromatic carbocycles. The van der Waals surface area contributed by atoms with Crippen LogP contribution >= 0.6 is 11.3 Å². The highest BCUT2D eigenvalue weighted by molar-refractivity contribution is 7.20. The van der Waals surface area contributed by atoms with E-state index in [1.54, 1.807) is 10.7 Å². The number of fused-ring (bicyclic) bond motifs is 1. The van der Waals surface area contributed by atoms with Gasteiger partial charge in [0.25, 0.3) is 5.91 Å². The van der Waals surface area contributed by atoms with E-state index in [9.17, 15) is 14.0 Å². The molecule has 6 nitrogen and oxygen atoms in total. The molecule has 2 amide bonds. The van der Waals surface area contributed by atoms with Crippen molar-refractivity contribution in [1.29, 1.82) is 0 Å². The second kappa shape index (κ2) is 6.64. The lowest BCUT2D eigenvalue weighted by Gasteiger charge is -2.21. The normalized spacial score (nSPS) is 11.0. The molecule has 0 atom stereocenters. The molecule has 0 unspecified atom stereocenters. The number of nitrogens with two attached hydrogens (primary N) is 1. The van der Waals surface area contributed by atoms with Gasteiger partial charge in [0.2, 0.25) is 5.91 Å². The Bertz CT molecular complexity index is 911. The second-order valence-corrected chi connectivity index (χ2v) is 6.72. The molecule has 0 spiro atoms. The summed E-state index contributed by atoms with van der Waals surface area (Å²) in [6, 6.07) is 7.37. The van der Waals surface area contributed by atoms with Crippen LogP contribution in [0.25, 0.3) is 10.2 Å². The van der Waals surface area contributed by atoms with E-state index in [0.29, 0.717) is 10.6 Å². The summed E-state index contributed by atoms with van der Waals surface area (Å²) in [6.45, 7) is 2.01. The zero-order valence-corrected chi connectivity index (χ0v) is 14.6. The number of aromatic nitrogens is 2. The van der Waals surface area contributed by atoms with Crippen LogP contribution in [0.1, 0.15) is 21.8 Å². The Kier molecular flexibility index (Phi) is 4.54. The third-order valence-electron chi connectivity index (χ3n) is 3.87. The summed E-state index contributed by atoms with van der Waals surface area (Å²) in [5.74, 6) is -1.15. The molecule has 3 aromatic rings. The zero-order chi connectivity index (χ0) is 18.1. The van der Waals surface area contributed by atoms with Crippen LogP contribution in [0.4, 0.5) is 10.1 Å². The summed E-state index contributed by atoms with van der Waals surface area (Å²) in [6.07, 6.45) is 0.0224. The van der Waals surface area contributed by atoms with E-state index in [1.807, 2.05) is 14.0 Å². The van der Waals surface area contributed by atoms with E-state index in [0.717, 1.165) is 15.9 Å². The molecular weight excluding hydrogens is 343 g/mol. The quantitative estimate of drug-likeness (QED) is 0.759.